The summed E-state index contributed by atoms with van der Waals surface area (Å²) in [6, 6.07) is 16.6. The number of allylic oxidation sites excluding steroid dienone is 4. The lowest BCUT2D eigenvalue weighted by atomic mass is 10.3. The van der Waals surface area contributed by atoms with E-state index in [-0.39, 0.29) is 0 Å². The Kier molecular flexibility index (Phi) is 4.01. The molecule has 23 heavy (non-hydrogen) atoms. The van der Waals surface area contributed by atoms with Crippen LogP contribution >= 0.6 is 23.1 Å². The van der Waals surface area contributed by atoms with Gasteiger partial charge >= 0.3 is 0 Å². The van der Waals surface area contributed by atoms with Crippen molar-refractivity contribution in [3.8, 4) is 0 Å². The van der Waals surface area contributed by atoms with Crippen molar-refractivity contribution < 1.29 is 0 Å². The van der Waals surface area contributed by atoms with E-state index in [2.05, 4.69) is 40.6 Å². The first kappa shape index (κ1) is 14.3. The van der Waals surface area contributed by atoms with Gasteiger partial charge in [0.2, 0.25) is 0 Å². The average molecular weight is 334 g/mol. The summed E-state index contributed by atoms with van der Waals surface area (Å²) >= 11 is 3.47. The van der Waals surface area contributed by atoms with E-state index >= 15 is 0 Å². The molecule has 2 heterocycles. The highest BCUT2D eigenvalue weighted by molar-refractivity contribution is 8.03. The van der Waals surface area contributed by atoms with Crippen LogP contribution in [-0.4, -0.2) is 4.98 Å². The van der Waals surface area contributed by atoms with Crippen molar-refractivity contribution in [3.63, 3.8) is 0 Å². The number of rotatable bonds is 3. The Labute approximate surface area is 143 Å². The SMILES string of the molecule is C(=C\C=C1/Nc2ccccc2S1)/C=C/c1nc2ccccc2s1. The molecule has 0 bridgehead atoms. The summed E-state index contributed by atoms with van der Waals surface area (Å²) in [6.07, 6.45) is 10.2. The Morgan fingerprint density at radius 1 is 0.913 bits per heavy atom. The van der Waals surface area contributed by atoms with Gasteiger partial charge in [0.25, 0.3) is 0 Å². The molecule has 0 unspecified atom stereocenters. The molecular weight excluding hydrogens is 320 g/mol. The van der Waals surface area contributed by atoms with E-state index in [1.165, 1.54) is 15.3 Å². The molecule has 2 nitrogen and oxygen atoms in total. The number of hydrogen-bond acceptors (Lipinski definition) is 4. The maximum absolute atomic E-state index is 4.58. The highest BCUT2D eigenvalue weighted by Crippen LogP contribution is 2.40. The molecule has 0 radical (unpaired) electrons. The van der Waals surface area contributed by atoms with Crippen LogP contribution in [0.3, 0.4) is 0 Å². The van der Waals surface area contributed by atoms with Crippen molar-refractivity contribution in [2.75, 3.05) is 5.32 Å². The summed E-state index contributed by atoms with van der Waals surface area (Å²) < 4.78 is 1.22. The summed E-state index contributed by atoms with van der Waals surface area (Å²) in [5.74, 6) is 0. The minimum atomic E-state index is 1.03. The minimum absolute atomic E-state index is 1.03. The number of anilines is 1. The first-order valence-corrected chi connectivity index (χ1v) is 8.96. The molecule has 2 aromatic carbocycles. The molecule has 1 aliphatic heterocycles. The maximum atomic E-state index is 4.58. The molecule has 3 aromatic rings. The van der Waals surface area contributed by atoms with Crippen LogP contribution in [0, 0.1) is 0 Å². The molecule has 0 saturated carbocycles. The number of thiazole rings is 1. The van der Waals surface area contributed by atoms with E-state index in [1.807, 2.05) is 48.6 Å². The van der Waals surface area contributed by atoms with Crippen LogP contribution in [0.15, 0.2) is 82.8 Å². The maximum Gasteiger partial charge on any atom is 0.117 e. The van der Waals surface area contributed by atoms with Crippen LogP contribution < -0.4 is 5.32 Å². The van der Waals surface area contributed by atoms with Crippen molar-refractivity contribution >= 4 is 45.1 Å². The van der Waals surface area contributed by atoms with E-state index in [1.54, 1.807) is 23.1 Å². The number of aromatic nitrogens is 1. The molecule has 0 fully saturated rings. The van der Waals surface area contributed by atoms with Crippen LogP contribution in [0.25, 0.3) is 16.3 Å². The molecule has 0 aliphatic carbocycles. The molecule has 1 aliphatic rings. The Bertz CT molecular complexity index is 875. The summed E-state index contributed by atoms with van der Waals surface area (Å²) in [5, 5.41) is 5.58. The summed E-state index contributed by atoms with van der Waals surface area (Å²) in [5.41, 5.74) is 2.25. The molecule has 4 rings (SSSR count). The van der Waals surface area contributed by atoms with Gasteiger partial charge in [-0.25, -0.2) is 4.98 Å². The number of thioether (sulfide) groups is 1. The van der Waals surface area contributed by atoms with Gasteiger partial charge < -0.3 is 5.32 Å². The third-order valence-corrected chi connectivity index (χ3v) is 5.42. The number of nitrogens with zero attached hydrogens (tertiary/aromatic N) is 1. The second kappa shape index (κ2) is 6.44. The normalized spacial score (nSPS) is 15.7. The third-order valence-electron chi connectivity index (χ3n) is 3.38. The molecule has 0 amide bonds. The van der Waals surface area contributed by atoms with E-state index in [0.717, 1.165) is 15.6 Å². The molecule has 4 heteroatoms. The molecular formula is C19H14N2S2. The zero-order chi connectivity index (χ0) is 15.5. The predicted octanol–water partition coefficient (Wildman–Crippen LogP) is 5.92. The number of para-hydroxylation sites is 2. The second-order valence-corrected chi connectivity index (χ2v) is 7.16. The Hall–Kier alpha value is -2.30. The third kappa shape index (κ3) is 3.23. The minimum Gasteiger partial charge on any atom is -0.349 e. The lowest BCUT2D eigenvalue weighted by Crippen LogP contribution is -1.86. The second-order valence-electron chi connectivity index (χ2n) is 5.02. The fraction of sp³-hybridized carbons (Fsp3) is 0. The fourth-order valence-electron chi connectivity index (χ4n) is 2.32. The van der Waals surface area contributed by atoms with E-state index in [4.69, 9.17) is 0 Å². The van der Waals surface area contributed by atoms with Gasteiger partial charge in [-0.15, -0.1) is 11.3 Å². The average Bonchev–Trinajstić information content (AvgIpc) is 3.17. The van der Waals surface area contributed by atoms with Crippen LogP contribution in [0.1, 0.15) is 5.01 Å². The van der Waals surface area contributed by atoms with Crippen molar-refractivity contribution in [2.24, 2.45) is 0 Å². The lowest BCUT2D eigenvalue weighted by molar-refractivity contribution is 1.46. The Morgan fingerprint density at radius 2 is 1.78 bits per heavy atom. The first-order chi connectivity index (χ1) is 11.4. The van der Waals surface area contributed by atoms with Gasteiger partial charge in [-0.1, -0.05) is 54.3 Å². The van der Waals surface area contributed by atoms with Gasteiger partial charge in [-0.05, 0) is 36.4 Å². The van der Waals surface area contributed by atoms with Crippen molar-refractivity contribution in [3.05, 3.63) is 82.9 Å². The first-order valence-electron chi connectivity index (χ1n) is 7.33. The van der Waals surface area contributed by atoms with E-state index in [9.17, 15) is 0 Å². The van der Waals surface area contributed by atoms with Crippen LogP contribution in [-0.2, 0) is 0 Å². The van der Waals surface area contributed by atoms with Crippen LogP contribution in [0.4, 0.5) is 5.69 Å². The zero-order valence-corrected chi connectivity index (χ0v) is 13.9. The Morgan fingerprint density at radius 3 is 2.70 bits per heavy atom. The van der Waals surface area contributed by atoms with Gasteiger partial charge in [0, 0.05) is 4.90 Å². The molecule has 112 valence electrons. The van der Waals surface area contributed by atoms with E-state index in [0.29, 0.717) is 0 Å². The molecule has 0 atom stereocenters. The largest absolute Gasteiger partial charge is 0.349 e. The predicted molar refractivity (Wildman–Crippen MR) is 102 cm³/mol. The molecule has 0 spiro atoms. The Balaban J connectivity index is 1.41. The molecule has 1 N–H and O–H groups in total. The lowest BCUT2D eigenvalue weighted by Gasteiger charge is -1.95. The van der Waals surface area contributed by atoms with E-state index < -0.39 is 0 Å². The number of hydrogen-bond donors (Lipinski definition) is 1. The highest BCUT2D eigenvalue weighted by Gasteiger charge is 2.13. The van der Waals surface area contributed by atoms with Crippen LogP contribution in [0.2, 0.25) is 0 Å². The van der Waals surface area contributed by atoms with Gasteiger partial charge in [0.15, 0.2) is 0 Å². The number of benzene rings is 2. The topological polar surface area (TPSA) is 24.9 Å². The quantitative estimate of drug-likeness (QED) is 0.601. The molecule has 0 saturated heterocycles. The van der Waals surface area contributed by atoms with Gasteiger partial charge in [0.1, 0.15) is 5.01 Å². The highest BCUT2D eigenvalue weighted by atomic mass is 32.2. The van der Waals surface area contributed by atoms with Crippen molar-refractivity contribution in [2.45, 2.75) is 4.90 Å². The number of fused-ring (bicyclic) bond motifs is 2. The van der Waals surface area contributed by atoms with Gasteiger partial charge in [-0.2, -0.15) is 0 Å². The van der Waals surface area contributed by atoms with Gasteiger partial charge in [-0.3, -0.25) is 0 Å². The standard InChI is InChI=1S/C19H14N2S2/c1(2-12-18-20-14-8-4-6-10-16(14)22-18)3-13-19-21-15-9-5-7-11-17(15)23-19/h1-13,20H/b2-1+,13-3+,18-12+. The number of nitrogens with one attached hydrogen (secondary N) is 1. The van der Waals surface area contributed by atoms with Crippen molar-refractivity contribution in [1.82, 2.24) is 4.98 Å². The van der Waals surface area contributed by atoms with Gasteiger partial charge in [0.05, 0.1) is 20.9 Å². The smallest absolute Gasteiger partial charge is 0.117 e. The molecule has 1 aromatic heterocycles. The summed E-state index contributed by atoms with van der Waals surface area (Å²) in [6.45, 7) is 0. The van der Waals surface area contributed by atoms with Crippen LogP contribution in [0.5, 0.6) is 0 Å². The monoisotopic (exact) mass is 334 g/mol. The summed E-state index contributed by atoms with van der Waals surface area (Å²) in [7, 11) is 0. The zero-order valence-electron chi connectivity index (χ0n) is 12.3. The fourth-order valence-corrected chi connectivity index (χ4v) is 4.12. The summed E-state index contributed by atoms with van der Waals surface area (Å²) in [4.78, 5) is 5.86. The van der Waals surface area contributed by atoms with Crippen molar-refractivity contribution in [1.29, 1.82) is 0 Å².